The molecule has 0 aromatic heterocycles. The van der Waals surface area contributed by atoms with Gasteiger partial charge in [0, 0.05) is 30.8 Å². The van der Waals surface area contributed by atoms with Crippen molar-refractivity contribution in [3.05, 3.63) is 35.1 Å². The van der Waals surface area contributed by atoms with Crippen LogP contribution < -0.4 is 0 Å². The molecular weight excluding hydrogens is 289 g/mol. The molecule has 1 saturated heterocycles. The third-order valence-electron chi connectivity index (χ3n) is 3.45. The zero-order valence-electron chi connectivity index (χ0n) is 11.9. The quantitative estimate of drug-likeness (QED) is 0.870. The van der Waals surface area contributed by atoms with Gasteiger partial charge in [0.2, 0.25) is 0 Å². The average molecular weight is 307 g/mol. The van der Waals surface area contributed by atoms with Gasteiger partial charge >= 0.3 is 0 Å². The Balaban J connectivity index is 2.25. The Morgan fingerprint density at radius 1 is 1.57 bits per heavy atom. The molecule has 0 radical (unpaired) electrons. The van der Waals surface area contributed by atoms with Crippen LogP contribution >= 0.6 is 11.8 Å². The van der Waals surface area contributed by atoms with Gasteiger partial charge in [0.1, 0.15) is 5.82 Å². The maximum atomic E-state index is 13.4. The second-order valence-electron chi connectivity index (χ2n) is 4.90. The van der Waals surface area contributed by atoms with E-state index < -0.39 is 5.82 Å². The molecule has 2 rings (SSSR count). The largest absolute Gasteiger partial charge is 0.395 e. The maximum absolute atomic E-state index is 13.4. The van der Waals surface area contributed by atoms with Crippen LogP contribution in [-0.4, -0.2) is 47.1 Å². The summed E-state index contributed by atoms with van der Waals surface area (Å²) in [6, 6.07) is 4.27. The smallest absolute Gasteiger partial charge is 0.255 e. The zero-order chi connectivity index (χ0) is 15.2. The van der Waals surface area contributed by atoms with E-state index in [1.165, 1.54) is 18.2 Å². The van der Waals surface area contributed by atoms with Crippen molar-refractivity contribution in [3.8, 4) is 11.8 Å². The van der Waals surface area contributed by atoms with Gasteiger partial charge in [0.05, 0.1) is 12.2 Å². The van der Waals surface area contributed by atoms with Gasteiger partial charge in [-0.3, -0.25) is 4.79 Å². The fourth-order valence-electron chi connectivity index (χ4n) is 2.20. The van der Waals surface area contributed by atoms with Crippen LogP contribution in [0.5, 0.6) is 0 Å². The molecule has 3 nitrogen and oxygen atoms in total. The lowest BCUT2D eigenvalue weighted by molar-refractivity contribution is 0.0747. The van der Waals surface area contributed by atoms with Gasteiger partial charge in [-0.1, -0.05) is 11.8 Å². The Morgan fingerprint density at radius 2 is 2.38 bits per heavy atom. The summed E-state index contributed by atoms with van der Waals surface area (Å²) in [5.41, 5.74) is 0.798. The normalized spacial score (nSPS) is 17.2. The summed E-state index contributed by atoms with van der Waals surface area (Å²) in [4.78, 5) is 14.3. The van der Waals surface area contributed by atoms with Gasteiger partial charge in [-0.15, -0.1) is 0 Å². The summed E-state index contributed by atoms with van der Waals surface area (Å²) in [5.74, 6) is 6.98. The molecule has 1 unspecified atom stereocenters. The standard InChI is InChI=1S/C16H18FNO2S/c1-18(14-7-9-21-11-14)16(20)15-6-5-13(17)10-12(15)4-2-3-8-19/h5-6,10,14,19H,3,7-9,11H2,1H3. The molecule has 0 spiro atoms. The van der Waals surface area contributed by atoms with Gasteiger partial charge in [0.25, 0.3) is 5.91 Å². The third-order valence-corrected chi connectivity index (χ3v) is 4.59. The van der Waals surface area contributed by atoms with E-state index in [-0.39, 0.29) is 18.6 Å². The SMILES string of the molecule is CN(C(=O)c1ccc(F)cc1C#CCCO)C1CCSC1. The molecule has 112 valence electrons. The van der Waals surface area contributed by atoms with Crippen LogP contribution in [0.4, 0.5) is 4.39 Å². The molecule has 1 atom stereocenters. The molecule has 1 aliphatic heterocycles. The Hall–Kier alpha value is -1.51. The van der Waals surface area contributed by atoms with Crippen LogP contribution in [0.2, 0.25) is 0 Å². The topological polar surface area (TPSA) is 40.5 Å². The number of nitrogens with zero attached hydrogens (tertiary/aromatic N) is 1. The fraction of sp³-hybridized carbons (Fsp3) is 0.438. The summed E-state index contributed by atoms with van der Waals surface area (Å²) < 4.78 is 13.4. The molecule has 1 heterocycles. The highest BCUT2D eigenvalue weighted by molar-refractivity contribution is 7.99. The number of carbonyl (C=O) groups is 1. The predicted octanol–water partition coefficient (Wildman–Crippen LogP) is 2.14. The number of rotatable bonds is 3. The van der Waals surface area contributed by atoms with E-state index in [1.807, 2.05) is 11.8 Å². The highest BCUT2D eigenvalue weighted by Gasteiger charge is 2.25. The van der Waals surface area contributed by atoms with Gasteiger partial charge in [0.15, 0.2) is 0 Å². The molecular formula is C16H18FNO2S. The molecule has 1 aromatic carbocycles. The van der Waals surface area contributed by atoms with Crippen molar-refractivity contribution in [3.63, 3.8) is 0 Å². The number of thioether (sulfide) groups is 1. The van der Waals surface area contributed by atoms with Crippen molar-refractivity contribution in [2.45, 2.75) is 18.9 Å². The molecule has 0 aliphatic carbocycles. The van der Waals surface area contributed by atoms with E-state index in [2.05, 4.69) is 11.8 Å². The lowest BCUT2D eigenvalue weighted by atomic mass is 10.1. The summed E-state index contributed by atoms with van der Waals surface area (Å²) in [7, 11) is 1.78. The van der Waals surface area contributed by atoms with Crippen LogP contribution in [0, 0.1) is 17.7 Å². The van der Waals surface area contributed by atoms with Crippen LogP contribution in [0.25, 0.3) is 0 Å². The molecule has 0 saturated carbocycles. The van der Waals surface area contributed by atoms with Crippen LogP contribution in [-0.2, 0) is 0 Å². The van der Waals surface area contributed by atoms with Gasteiger partial charge in [-0.25, -0.2) is 4.39 Å². The minimum Gasteiger partial charge on any atom is -0.395 e. The van der Waals surface area contributed by atoms with Gasteiger partial charge in [-0.05, 0) is 30.4 Å². The number of amides is 1. The lowest BCUT2D eigenvalue weighted by Gasteiger charge is -2.24. The van der Waals surface area contributed by atoms with E-state index in [0.29, 0.717) is 17.5 Å². The van der Waals surface area contributed by atoms with Crippen molar-refractivity contribution >= 4 is 17.7 Å². The first-order chi connectivity index (χ1) is 10.1. The molecule has 1 fully saturated rings. The molecule has 5 heteroatoms. The van der Waals surface area contributed by atoms with Gasteiger partial charge in [-0.2, -0.15) is 11.8 Å². The Morgan fingerprint density at radius 3 is 3.05 bits per heavy atom. The van der Waals surface area contributed by atoms with Crippen molar-refractivity contribution in [1.82, 2.24) is 4.90 Å². The Kier molecular flexibility index (Phi) is 5.66. The second kappa shape index (κ2) is 7.48. The van der Waals surface area contributed by atoms with E-state index in [1.54, 1.807) is 11.9 Å². The summed E-state index contributed by atoms with van der Waals surface area (Å²) in [6.45, 7) is -0.0508. The monoisotopic (exact) mass is 307 g/mol. The molecule has 21 heavy (non-hydrogen) atoms. The summed E-state index contributed by atoms with van der Waals surface area (Å²) >= 11 is 1.84. The van der Waals surface area contributed by atoms with E-state index in [9.17, 15) is 9.18 Å². The van der Waals surface area contributed by atoms with Crippen molar-refractivity contribution in [1.29, 1.82) is 0 Å². The first kappa shape index (κ1) is 15.9. The van der Waals surface area contributed by atoms with Crippen LogP contribution in [0.1, 0.15) is 28.8 Å². The van der Waals surface area contributed by atoms with E-state index >= 15 is 0 Å². The molecule has 1 amide bonds. The fourth-order valence-corrected chi connectivity index (χ4v) is 3.47. The minimum atomic E-state index is -0.418. The summed E-state index contributed by atoms with van der Waals surface area (Å²) in [5, 5.41) is 8.76. The van der Waals surface area contributed by atoms with Crippen LogP contribution in [0.3, 0.4) is 0 Å². The first-order valence-electron chi connectivity index (χ1n) is 6.87. The third kappa shape index (κ3) is 3.99. The first-order valence-corrected chi connectivity index (χ1v) is 8.03. The number of halogens is 1. The number of aliphatic hydroxyl groups excluding tert-OH is 1. The minimum absolute atomic E-state index is 0.0508. The van der Waals surface area contributed by atoms with Crippen LogP contribution in [0.15, 0.2) is 18.2 Å². The second-order valence-corrected chi connectivity index (χ2v) is 6.05. The zero-order valence-corrected chi connectivity index (χ0v) is 12.8. The van der Waals surface area contributed by atoms with Crippen molar-refractivity contribution < 1.29 is 14.3 Å². The van der Waals surface area contributed by atoms with Gasteiger partial charge < -0.3 is 10.0 Å². The molecule has 0 bridgehead atoms. The average Bonchev–Trinajstić information content (AvgIpc) is 3.00. The maximum Gasteiger partial charge on any atom is 0.255 e. The highest BCUT2D eigenvalue weighted by atomic mass is 32.2. The molecule has 1 aliphatic rings. The number of hydrogen-bond acceptors (Lipinski definition) is 3. The van der Waals surface area contributed by atoms with Crippen molar-refractivity contribution in [2.75, 3.05) is 25.2 Å². The number of aliphatic hydroxyl groups is 1. The van der Waals surface area contributed by atoms with E-state index in [0.717, 1.165) is 17.9 Å². The number of carbonyl (C=O) groups excluding carboxylic acids is 1. The summed E-state index contributed by atoms with van der Waals surface area (Å²) in [6.07, 6.45) is 1.29. The van der Waals surface area contributed by atoms with Crippen molar-refractivity contribution in [2.24, 2.45) is 0 Å². The molecule has 1 N–H and O–H groups in total. The number of benzene rings is 1. The highest BCUT2D eigenvalue weighted by Crippen LogP contribution is 2.23. The Labute approximate surface area is 128 Å². The lowest BCUT2D eigenvalue weighted by Crippen LogP contribution is -2.37. The molecule has 1 aromatic rings. The van der Waals surface area contributed by atoms with E-state index in [4.69, 9.17) is 5.11 Å². The predicted molar refractivity (Wildman–Crippen MR) is 82.8 cm³/mol. The Bertz CT molecular complexity index is 573. The number of hydrogen-bond donors (Lipinski definition) is 1.